The Kier molecular flexibility index (Phi) is 7.90. The van der Waals surface area contributed by atoms with E-state index in [0.717, 1.165) is 22.2 Å². The Labute approximate surface area is 270 Å². The number of pyridine rings is 1. The summed E-state index contributed by atoms with van der Waals surface area (Å²) in [6.45, 7) is 7.30. The summed E-state index contributed by atoms with van der Waals surface area (Å²) >= 11 is 6.04. The highest BCUT2D eigenvalue weighted by atomic mass is 35.5. The maximum atomic E-state index is 13.9. The number of nitrogens with one attached hydrogen (secondary N) is 2. The smallest absolute Gasteiger partial charge is 0.285 e. The van der Waals surface area contributed by atoms with Gasteiger partial charge in [0.15, 0.2) is 13.5 Å². The van der Waals surface area contributed by atoms with Crippen molar-refractivity contribution in [3.05, 3.63) is 74.6 Å². The lowest BCUT2D eigenvalue weighted by Crippen LogP contribution is -2.34. The molecule has 0 spiro atoms. The highest BCUT2D eigenvalue weighted by Crippen LogP contribution is 2.58. The van der Waals surface area contributed by atoms with Gasteiger partial charge in [0.2, 0.25) is 21.8 Å². The lowest BCUT2D eigenvalue weighted by molar-refractivity contribution is -0.160. The molecule has 17 heteroatoms. The molecule has 3 aromatic heterocycles. The molecule has 1 aliphatic carbocycles. The number of hydrogen-bond acceptors (Lipinski definition) is 11. The molecule has 2 aliphatic rings. The van der Waals surface area contributed by atoms with Crippen LogP contribution in [0, 0.1) is 18.8 Å². The van der Waals surface area contributed by atoms with Crippen LogP contribution in [0.25, 0.3) is 10.9 Å². The molecule has 4 heterocycles. The summed E-state index contributed by atoms with van der Waals surface area (Å²) in [5, 5.41) is 27.3. The lowest BCUT2D eigenvalue weighted by atomic mass is 10.0. The van der Waals surface area contributed by atoms with E-state index in [1.54, 1.807) is 16.7 Å². The van der Waals surface area contributed by atoms with Gasteiger partial charge in [-0.25, -0.2) is 27.8 Å². The molecular formula is C29H32BClN8O6S. The molecule has 1 aliphatic heterocycles. The van der Waals surface area contributed by atoms with Gasteiger partial charge in [-0.05, 0) is 62.4 Å². The SMILES string of the molecule is [B]C(O)(O)n1ccc(C2C3CN(c4nc5c(C(C)Nc6ccc(Cl)nc6C(=O)NS(C)(=O)=O)cc(C)cc5c(=O)n4CC)CC32)n1. The Morgan fingerprint density at radius 2 is 1.89 bits per heavy atom. The number of rotatable bonds is 9. The van der Waals surface area contributed by atoms with Crippen molar-refractivity contribution in [1.29, 1.82) is 0 Å². The number of fused-ring (bicyclic) bond motifs is 2. The third-order valence-electron chi connectivity index (χ3n) is 8.49. The van der Waals surface area contributed by atoms with Gasteiger partial charge >= 0.3 is 0 Å². The van der Waals surface area contributed by atoms with E-state index in [1.807, 2.05) is 31.6 Å². The first-order valence-electron chi connectivity index (χ1n) is 14.6. The van der Waals surface area contributed by atoms with Crippen molar-refractivity contribution in [2.24, 2.45) is 11.8 Å². The van der Waals surface area contributed by atoms with Crippen LogP contribution in [0.3, 0.4) is 0 Å². The first-order chi connectivity index (χ1) is 21.6. The minimum Gasteiger partial charge on any atom is -0.377 e. The fraction of sp³-hybridized carbons (Fsp3) is 0.414. The number of nitrogens with zero attached hydrogens (tertiary/aromatic N) is 6. The monoisotopic (exact) mass is 666 g/mol. The van der Waals surface area contributed by atoms with E-state index in [0.29, 0.717) is 42.0 Å². The number of benzene rings is 1. The van der Waals surface area contributed by atoms with Crippen LogP contribution in [0.1, 0.15) is 53.1 Å². The van der Waals surface area contributed by atoms with Crippen molar-refractivity contribution in [3.8, 4) is 0 Å². The van der Waals surface area contributed by atoms with E-state index in [1.165, 1.54) is 18.3 Å². The highest BCUT2D eigenvalue weighted by molar-refractivity contribution is 7.89. The third-order valence-corrected chi connectivity index (χ3v) is 9.25. The number of amides is 1. The maximum absolute atomic E-state index is 13.9. The molecule has 6 rings (SSSR count). The summed E-state index contributed by atoms with van der Waals surface area (Å²) in [7, 11) is 1.48. The first kappa shape index (κ1) is 32.0. The zero-order valence-corrected chi connectivity index (χ0v) is 27.0. The van der Waals surface area contributed by atoms with Crippen LogP contribution >= 0.6 is 11.6 Å². The number of aliphatic hydroxyl groups is 2. The number of carbonyl (C=O) groups is 1. The Hall–Kier alpha value is -3.99. The van der Waals surface area contributed by atoms with Crippen molar-refractivity contribution in [2.45, 2.75) is 45.1 Å². The van der Waals surface area contributed by atoms with Gasteiger partial charge in [-0.15, -0.1) is 0 Å². The summed E-state index contributed by atoms with van der Waals surface area (Å²) in [5.74, 6) is -2.34. The van der Waals surface area contributed by atoms with Gasteiger partial charge in [0.25, 0.3) is 11.5 Å². The van der Waals surface area contributed by atoms with Crippen molar-refractivity contribution in [1.82, 2.24) is 29.0 Å². The number of anilines is 2. The van der Waals surface area contributed by atoms with Crippen LogP contribution in [-0.4, -0.2) is 76.0 Å². The zero-order chi connectivity index (χ0) is 33.3. The lowest BCUT2D eigenvalue weighted by Gasteiger charge is -2.25. The van der Waals surface area contributed by atoms with Gasteiger partial charge in [-0.1, -0.05) is 17.7 Å². The molecular weight excluding hydrogens is 635 g/mol. The molecule has 3 atom stereocenters. The molecule has 46 heavy (non-hydrogen) atoms. The predicted octanol–water partition coefficient (Wildman–Crippen LogP) is 1.40. The minimum atomic E-state index is -3.86. The number of aryl methyl sites for hydroxylation is 1. The average Bonchev–Trinajstić information content (AvgIpc) is 3.30. The van der Waals surface area contributed by atoms with Crippen LogP contribution in [0.15, 0.2) is 41.3 Å². The Balaban J connectivity index is 1.32. The Morgan fingerprint density at radius 3 is 2.50 bits per heavy atom. The quantitative estimate of drug-likeness (QED) is 0.115. The second-order valence-corrected chi connectivity index (χ2v) is 14.1. The molecule has 2 fully saturated rings. The topological polar surface area (TPSA) is 185 Å². The summed E-state index contributed by atoms with van der Waals surface area (Å²) < 4.78 is 28.0. The van der Waals surface area contributed by atoms with Gasteiger partial charge in [-0.3, -0.25) is 14.2 Å². The molecule has 0 bridgehead atoms. The van der Waals surface area contributed by atoms with Gasteiger partial charge in [-0.2, -0.15) is 5.10 Å². The molecule has 2 radical (unpaired) electrons. The first-order valence-corrected chi connectivity index (χ1v) is 16.9. The van der Waals surface area contributed by atoms with E-state index < -0.39 is 27.8 Å². The molecule has 1 amide bonds. The number of sulfonamides is 1. The van der Waals surface area contributed by atoms with Crippen molar-refractivity contribution in [3.63, 3.8) is 0 Å². The van der Waals surface area contributed by atoms with Crippen LogP contribution in [0.5, 0.6) is 0 Å². The molecule has 1 saturated heterocycles. The maximum Gasteiger partial charge on any atom is 0.285 e. The van der Waals surface area contributed by atoms with E-state index in [4.69, 9.17) is 24.4 Å². The molecule has 1 saturated carbocycles. The predicted molar refractivity (Wildman–Crippen MR) is 172 cm³/mol. The number of aromatic nitrogens is 5. The van der Waals surface area contributed by atoms with E-state index in [9.17, 15) is 28.2 Å². The van der Waals surface area contributed by atoms with E-state index in [2.05, 4.69) is 20.3 Å². The summed E-state index contributed by atoms with van der Waals surface area (Å²) in [6, 6.07) is 7.97. The summed E-state index contributed by atoms with van der Waals surface area (Å²) in [6.07, 6.45) is 2.30. The molecule has 4 N–H and O–H groups in total. The number of piperidine rings is 1. The number of hydrogen-bond donors (Lipinski definition) is 4. The normalized spacial score (nSPS) is 20.1. The van der Waals surface area contributed by atoms with Crippen LogP contribution < -0.4 is 20.5 Å². The Morgan fingerprint density at radius 1 is 1.20 bits per heavy atom. The highest BCUT2D eigenvalue weighted by Gasteiger charge is 2.58. The average molecular weight is 667 g/mol. The summed E-state index contributed by atoms with van der Waals surface area (Å²) in [5.41, 5.74) is 2.64. The van der Waals surface area contributed by atoms with Crippen molar-refractivity contribution >= 4 is 57.9 Å². The molecule has 3 unspecified atom stereocenters. The largest absolute Gasteiger partial charge is 0.377 e. The van der Waals surface area contributed by atoms with Crippen LogP contribution in [0.2, 0.25) is 5.15 Å². The second-order valence-electron chi connectivity index (χ2n) is 11.9. The van der Waals surface area contributed by atoms with E-state index in [-0.39, 0.29) is 39.8 Å². The number of carbonyl (C=O) groups excluding carboxylic acids is 1. The molecule has 14 nitrogen and oxygen atoms in total. The van der Waals surface area contributed by atoms with E-state index >= 15 is 0 Å². The zero-order valence-electron chi connectivity index (χ0n) is 25.5. The fourth-order valence-corrected chi connectivity index (χ4v) is 7.01. The molecule has 240 valence electrons. The second kappa shape index (κ2) is 11.4. The number of halogens is 1. The third kappa shape index (κ3) is 5.97. The standard InChI is InChI=1S/C29H32BClN8O6S/c1-5-38-27(41)17-11-14(2)10-16(15(3)32-21-6-7-22(31)33-25(21)26(40)36-46(4,44)45)24(17)34-28(38)37-12-18-19(13-37)23(18)20-8-9-39(35-20)29(30,42)43/h6-11,15,18-19,23,32,42-43H,5,12-13H2,1-4H3,(H,36,40). The molecule has 4 aromatic rings. The fourth-order valence-electron chi connectivity index (χ4n) is 6.43. The Bertz CT molecular complexity index is 2030. The minimum absolute atomic E-state index is 0.0119. The molecule has 1 aromatic carbocycles. The van der Waals surface area contributed by atoms with Gasteiger partial charge in [0, 0.05) is 37.3 Å². The van der Waals surface area contributed by atoms with Crippen LogP contribution in [-0.2, 0) is 22.4 Å². The van der Waals surface area contributed by atoms with Crippen molar-refractivity contribution in [2.75, 3.05) is 29.6 Å². The van der Waals surface area contributed by atoms with Crippen molar-refractivity contribution < 1.29 is 23.4 Å². The van der Waals surface area contributed by atoms with Gasteiger partial charge in [0.1, 0.15) is 5.15 Å². The summed E-state index contributed by atoms with van der Waals surface area (Å²) in [4.78, 5) is 37.8. The van der Waals surface area contributed by atoms with Crippen LogP contribution in [0.4, 0.5) is 11.6 Å². The van der Waals surface area contributed by atoms with Gasteiger partial charge in [0.05, 0.1) is 34.6 Å². The van der Waals surface area contributed by atoms with Gasteiger partial charge < -0.3 is 20.4 Å².